The first-order valence-corrected chi connectivity index (χ1v) is 8.97. The van der Waals surface area contributed by atoms with E-state index in [0.29, 0.717) is 28.1 Å². The molecule has 0 radical (unpaired) electrons. The highest BCUT2D eigenvalue weighted by Crippen LogP contribution is 2.32. The number of rotatable bonds is 4. The molecule has 2 N–H and O–H groups in total. The minimum atomic E-state index is -0.0669. The van der Waals surface area contributed by atoms with Gasteiger partial charge in [0.25, 0.3) is 0 Å². The minimum absolute atomic E-state index is 0.0328. The lowest BCUT2D eigenvalue weighted by atomic mass is 10.1. The molecule has 0 amide bonds. The third-order valence-corrected chi connectivity index (χ3v) is 4.45. The van der Waals surface area contributed by atoms with Crippen molar-refractivity contribution >= 4 is 5.78 Å². The fraction of sp³-hybridized carbons (Fsp3) is 0.0435. The molecule has 0 saturated carbocycles. The Kier molecular flexibility index (Phi) is 4.75. The third kappa shape index (κ3) is 3.68. The van der Waals surface area contributed by atoms with Crippen molar-refractivity contribution in [2.24, 2.45) is 0 Å². The molecule has 0 unspecified atom stereocenters. The van der Waals surface area contributed by atoms with Crippen LogP contribution < -0.4 is 0 Å². The third-order valence-electron chi connectivity index (χ3n) is 4.45. The average molecular weight is 383 g/mol. The molecule has 1 aromatic heterocycles. The van der Waals surface area contributed by atoms with Crippen LogP contribution in [0.2, 0.25) is 0 Å². The highest BCUT2D eigenvalue weighted by atomic mass is 16.3. The molecule has 0 aliphatic heterocycles. The van der Waals surface area contributed by atoms with E-state index in [4.69, 9.17) is 0 Å². The Morgan fingerprint density at radius 3 is 1.72 bits per heavy atom. The van der Waals surface area contributed by atoms with E-state index in [9.17, 15) is 15.0 Å². The zero-order valence-corrected chi connectivity index (χ0v) is 15.6. The highest BCUT2D eigenvalue weighted by molar-refractivity contribution is 5.95. The van der Waals surface area contributed by atoms with Gasteiger partial charge < -0.3 is 10.2 Å². The van der Waals surface area contributed by atoms with E-state index in [2.05, 4.69) is 15.0 Å². The van der Waals surface area contributed by atoms with Crippen molar-refractivity contribution < 1.29 is 15.0 Å². The number of hydrogen-bond donors (Lipinski definition) is 2. The number of ketones is 1. The lowest BCUT2D eigenvalue weighted by molar-refractivity contribution is 0.101. The Morgan fingerprint density at radius 2 is 1.21 bits per heavy atom. The standard InChI is InChI=1S/C23H17N3O3/c1-14(27)15-7-6-8-16(13-15)21-24-22(17-9-2-4-11-19(17)28)26-23(25-21)18-10-3-5-12-20(18)29/h2-13,28-29H,1H3. The van der Waals surface area contributed by atoms with Gasteiger partial charge in [0.15, 0.2) is 23.3 Å². The first-order chi connectivity index (χ1) is 14.0. The van der Waals surface area contributed by atoms with E-state index < -0.39 is 0 Å². The van der Waals surface area contributed by atoms with Gasteiger partial charge in [-0.25, -0.2) is 15.0 Å². The first-order valence-electron chi connectivity index (χ1n) is 8.97. The van der Waals surface area contributed by atoms with Crippen LogP contribution in [0.3, 0.4) is 0 Å². The Labute approximate surface area is 167 Å². The summed E-state index contributed by atoms with van der Waals surface area (Å²) in [5.74, 6) is 0.859. The number of aromatic nitrogens is 3. The maximum Gasteiger partial charge on any atom is 0.167 e. The van der Waals surface area contributed by atoms with E-state index in [1.807, 2.05) is 0 Å². The number of carbonyl (C=O) groups is 1. The quantitative estimate of drug-likeness (QED) is 0.504. The maximum absolute atomic E-state index is 11.8. The summed E-state index contributed by atoms with van der Waals surface area (Å²) in [7, 11) is 0. The molecule has 29 heavy (non-hydrogen) atoms. The monoisotopic (exact) mass is 383 g/mol. The van der Waals surface area contributed by atoms with Gasteiger partial charge in [0.1, 0.15) is 11.5 Å². The number of nitrogens with zero attached hydrogens (tertiary/aromatic N) is 3. The Balaban J connectivity index is 1.96. The van der Waals surface area contributed by atoms with Crippen LogP contribution in [0, 0.1) is 0 Å². The molecular weight excluding hydrogens is 366 g/mol. The van der Waals surface area contributed by atoms with Crippen LogP contribution in [0.25, 0.3) is 34.2 Å². The molecule has 0 saturated heterocycles. The van der Waals surface area contributed by atoms with E-state index in [1.54, 1.807) is 72.8 Å². The lowest BCUT2D eigenvalue weighted by Crippen LogP contribution is -2.01. The van der Waals surface area contributed by atoms with Crippen LogP contribution in [-0.2, 0) is 0 Å². The predicted molar refractivity (Wildman–Crippen MR) is 109 cm³/mol. The summed E-state index contributed by atoms with van der Waals surface area (Å²) in [6, 6.07) is 20.5. The number of aromatic hydroxyl groups is 2. The second-order valence-corrected chi connectivity index (χ2v) is 6.48. The fourth-order valence-electron chi connectivity index (χ4n) is 2.95. The lowest BCUT2D eigenvalue weighted by Gasteiger charge is -2.10. The molecule has 0 fully saturated rings. The van der Waals surface area contributed by atoms with Crippen LogP contribution in [0.1, 0.15) is 17.3 Å². The number of para-hydroxylation sites is 2. The molecule has 4 aromatic rings. The zero-order chi connectivity index (χ0) is 20.4. The van der Waals surface area contributed by atoms with Gasteiger partial charge in [-0.3, -0.25) is 4.79 Å². The first kappa shape index (κ1) is 18.3. The molecule has 142 valence electrons. The number of Topliss-reactive ketones (excluding diaryl/α,β-unsaturated/α-hetero) is 1. The molecule has 6 nitrogen and oxygen atoms in total. The van der Waals surface area contributed by atoms with E-state index in [1.165, 1.54) is 6.92 Å². The molecule has 4 rings (SSSR count). The normalized spacial score (nSPS) is 10.7. The Bertz CT molecular complexity index is 1160. The molecule has 0 atom stereocenters. The predicted octanol–water partition coefficient (Wildman–Crippen LogP) is 4.49. The summed E-state index contributed by atoms with van der Waals surface area (Å²) < 4.78 is 0. The number of carbonyl (C=O) groups excluding carboxylic acids is 1. The van der Waals surface area contributed by atoms with Crippen LogP contribution in [0.4, 0.5) is 0 Å². The smallest absolute Gasteiger partial charge is 0.167 e. The van der Waals surface area contributed by atoms with Gasteiger partial charge in [0.05, 0.1) is 11.1 Å². The van der Waals surface area contributed by atoms with Gasteiger partial charge in [-0.15, -0.1) is 0 Å². The summed E-state index contributed by atoms with van der Waals surface area (Å²) in [5, 5.41) is 20.5. The zero-order valence-electron chi connectivity index (χ0n) is 15.6. The summed E-state index contributed by atoms with van der Waals surface area (Å²) in [4.78, 5) is 25.3. The topological polar surface area (TPSA) is 96.2 Å². The molecule has 0 aliphatic carbocycles. The van der Waals surface area contributed by atoms with Gasteiger partial charge in [0, 0.05) is 11.1 Å². The molecular formula is C23H17N3O3. The molecule has 6 heteroatoms. The van der Waals surface area contributed by atoms with Gasteiger partial charge in [-0.2, -0.15) is 0 Å². The van der Waals surface area contributed by atoms with Crippen molar-refractivity contribution in [3.8, 4) is 45.7 Å². The summed E-state index contributed by atoms with van der Waals surface area (Å²) >= 11 is 0. The highest BCUT2D eigenvalue weighted by Gasteiger charge is 2.16. The number of phenols is 2. The number of benzene rings is 3. The maximum atomic E-state index is 11.8. The Morgan fingerprint density at radius 1 is 0.690 bits per heavy atom. The summed E-state index contributed by atoms with van der Waals surface area (Å²) in [5.41, 5.74) is 2.05. The molecule has 0 bridgehead atoms. The van der Waals surface area contributed by atoms with Crippen molar-refractivity contribution in [2.45, 2.75) is 6.92 Å². The molecule has 0 spiro atoms. The largest absolute Gasteiger partial charge is 0.507 e. The number of phenolic OH excluding ortho intramolecular Hbond substituents is 2. The molecule has 1 heterocycles. The van der Waals surface area contributed by atoms with E-state index in [-0.39, 0.29) is 28.9 Å². The second-order valence-electron chi connectivity index (χ2n) is 6.48. The van der Waals surface area contributed by atoms with Crippen molar-refractivity contribution in [3.05, 3.63) is 78.4 Å². The van der Waals surface area contributed by atoms with Crippen LogP contribution in [0.5, 0.6) is 11.5 Å². The van der Waals surface area contributed by atoms with Crippen LogP contribution in [0.15, 0.2) is 72.8 Å². The van der Waals surface area contributed by atoms with Crippen molar-refractivity contribution in [1.29, 1.82) is 0 Å². The second kappa shape index (κ2) is 7.52. The van der Waals surface area contributed by atoms with Gasteiger partial charge in [-0.1, -0.05) is 42.5 Å². The van der Waals surface area contributed by atoms with E-state index >= 15 is 0 Å². The van der Waals surface area contributed by atoms with Crippen LogP contribution in [-0.4, -0.2) is 30.9 Å². The SMILES string of the molecule is CC(=O)c1cccc(-c2nc(-c3ccccc3O)nc(-c3ccccc3O)n2)c1. The number of hydrogen-bond acceptors (Lipinski definition) is 6. The summed E-state index contributed by atoms with van der Waals surface area (Å²) in [6.07, 6.45) is 0. The van der Waals surface area contributed by atoms with Crippen molar-refractivity contribution in [1.82, 2.24) is 15.0 Å². The van der Waals surface area contributed by atoms with Crippen molar-refractivity contribution in [2.75, 3.05) is 0 Å². The fourth-order valence-corrected chi connectivity index (χ4v) is 2.95. The Hall–Kier alpha value is -4.06. The minimum Gasteiger partial charge on any atom is -0.507 e. The van der Waals surface area contributed by atoms with Gasteiger partial charge in [0.2, 0.25) is 0 Å². The average Bonchev–Trinajstić information content (AvgIpc) is 2.74. The van der Waals surface area contributed by atoms with Gasteiger partial charge in [-0.05, 0) is 37.3 Å². The van der Waals surface area contributed by atoms with Gasteiger partial charge >= 0.3 is 0 Å². The van der Waals surface area contributed by atoms with Crippen molar-refractivity contribution in [3.63, 3.8) is 0 Å². The van der Waals surface area contributed by atoms with Crippen LogP contribution >= 0.6 is 0 Å². The molecule has 0 aliphatic rings. The summed E-state index contributed by atoms with van der Waals surface area (Å²) in [6.45, 7) is 1.49. The van der Waals surface area contributed by atoms with E-state index in [0.717, 1.165) is 0 Å². The molecule has 3 aromatic carbocycles.